The molecule has 0 rings (SSSR count). The molecule has 1 atom stereocenters. The van der Waals surface area contributed by atoms with E-state index in [1.165, 1.54) is 0 Å². The number of ether oxygens (including phenoxy) is 3. The Balaban J connectivity index is 4.66. The lowest BCUT2D eigenvalue weighted by atomic mass is 10.2. The van der Waals surface area contributed by atoms with Gasteiger partial charge >= 0.3 is 18.3 Å². The maximum absolute atomic E-state index is 12.0. The number of unbranched alkanes of at least 4 members (excludes halogenated alkanes) is 1. The molecule has 186 valence electrons. The number of aliphatic hydroxyl groups is 1. The van der Waals surface area contributed by atoms with E-state index >= 15 is 0 Å². The fraction of sp³-hybridized carbons (Fsp3) is 0.810. The van der Waals surface area contributed by atoms with Crippen LogP contribution >= 0.6 is 0 Å². The highest BCUT2D eigenvalue weighted by Crippen LogP contribution is 2.09. The Morgan fingerprint density at radius 1 is 0.812 bits per heavy atom. The smallest absolute Gasteiger partial charge is 0.437 e. The average molecular weight is 461 g/mol. The number of aliphatic hydroxyl groups excluding tert-OH is 1. The van der Waals surface area contributed by atoms with Crippen LogP contribution in [0.15, 0.2) is 4.99 Å². The molecule has 0 fully saturated rings. The van der Waals surface area contributed by atoms with E-state index in [1.807, 2.05) is 0 Å². The molecule has 0 radical (unpaired) electrons. The van der Waals surface area contributed by atoms with Gasteiger partial charge in [0.15, 0.2) is 0 Å². The monoisotopic (exact) mass is 460 g/mol. The number of rotatable bonds is 6. The minimum atomic E-state index is -1.06. The Morgan fingerprint density at radius 2 is 1.31 bits per heavy atom. The number of guanidine groups is 1. The summed E-state index contributed by atoms with van der Waals surface area (Å²) in [5.74, 6) is -0.110. The highest BCUT2D eigenvalue weighted by molar-refractivity contribution is 5.98. The average Bonchev–Trinajstić information content (AvgIpc) is 2.48. The number of nitrogens with one attached hydrogen (secondary N) is 3. The second-order valence-electron chi connectivity index (χ2n) is 10.2. The SMILES string of the molecule is CC(C)(C)OC(=O)N=C(NCCCC[C@H](O)NC(=O)OC(C)(C)C)NC(=O)OC(C)(C)C. The number of amides is 3. The van der Waals surface area contributed by atoms with Crippen LogP contribution in [0.5, 0.6) is 0 Å². The lowest BCUT2D eigenvalue weighted by Gasteiger charge is -2.21. The Hall–Kier alpha value is -2.56. The normalized spacial score (nSPS) is 13.6. The third kappa shape index (κ3) is 18.2. The van der Waals surface area contributed by atoms with Gasteiger partial charge in [-0.2, -0.15) is 0 Å². The summed E-state index contributed by atoms with van der Waals surface area (Å²) in [6.07, 6.45) is -2.01. The second kappa shape index (κ2) is 12.5. The molecule has 0 aromatic rings. The molecule has 0 aromatic carbocycles. The standard InChI is InChI=1S/C21H40N4O7/c1-19(2,3)30-16(27)23-14(26)12-10-11-13-22-15(24-17(28)31-20(4,5)6)25-18(29)32-21(7,8)9/h14,26H,10-13H2,1-9H3,(H,23,27)(H2,22,24,25,28,29)/t14-/m0/s1. The number of carbonyl (C=O) groups excluding carboxylic acids is 3. The van der Waals surface area contributed by atoms with E-state index in [0.29, 0.717) is 25.8 Å². The van der Waals surface area contributed by atoms with Gasteiger partial charge in [-0.25, -0.2) is 14.4 Å². The number of alkyl carbamates (subject to hydrolysis) is 2. The molecule has 0 saturated carbocycles. The van der Waals surface area contributed by atoms with Gasteiger partial charge in [-0.05, 0) is 81.6 Å². The first-order chi connectivity index (χ1) is 14.4. The minimum Gasteiger partial charge on any atom is -0.444 e. The van der Waals surface area contributed by atoms with E-state index in [0.717, 1.165) is 0 Å². The highest BCUT2D eigenvalue weighted by atomic mass is 16.6. The Bertz CT molecular complexity index is 659. The molecule has 0 spiro atoms. The Morgan fingerprint density at radius 3 is 1.81 bits per heavy atom. The minimum absolute atomic E-state index is 0.110. The number of hydrogen-bond donors (Lipinski definition) is 4. The molecule has 0 bridgehead atoms. The Labute approximate surface area is 190 Å². The van der Waals surface area contributed by atoms with Crippen molar-refractivity contribution in [3.8, 4) is 0 Å². The van der Waals surface area contributed by atoms with Gasteiger partial charge in [-0.15, -0.1) is 4.99 Å². The third-order valence-corrected chi connectivity index (χ3v) is 3.10. The molecule has 0 unspecified atom stereocenters. The molecule has 0 aliphatic carbocycles. The molecule has 0 aromatic heterocycles. The molecule has 0 aliphatic heterocycles. The van der Waals surface area contributed by atoms with Crippen molar-refractivity contribution in [2.45, 2.75) is 105 Å². The zero-order valence-electron chi connectivity index (χ0n) is 20.7. The summed E-state index contributed by atoms with van der Waals surface area (Å²) in [5.41, 5.74) is -2.12. The van der Waals surface area contributed by atoms with Crippen LogP contribution in [-0.2, 0) is 14.2 Å². The van der Waals surface area contributed by atoms with Gasteiger partial charge in [0.25, 0.3) is 0 Å². The summed E-state index contributed by atoms with van der Waals surface area (Å²) in [5, 5.41) is 17.5. The number of aliphatic imine (C=N–C) groups is 1. The first-order valence-corrected chi connectivity index (χ1v) is 10.6. The molecular weight excluding hydrogens is 420 g/mol. The van der Waals surface area contributed by atoms with Crippen molar-refractivity contribution in [2.24, 2.45) is 4.99 Å². The van der Waals surface area contributed by atoms with E-state index in [4.69, 9.17) is 14.2 Å². The van der Waals surface area contributed by atoms with Crippen molar-refractivity contribution in [3.63, 3.8) is 0 Å². The summed E-state index contributed by atoms with van der Waals surface area (Å²) in [4.78, 5) is 39.4. The predicted molar refractivity (Wildman–Crippen MR) is 120 cm³/mol. The van der Waals surface area contributed by atoms with Crippen molar-refractivity contribution in [2.75, 3.05) is 6.54 Å². The van der Waals surface area contributed by atoms with Crippen LogP contribution in [0, 0.1) is 0 Å². The molecule has 4 N–H and O–H groups in total. The van der Waals surface area contributed by atoms with Gasteiger partial charge in [0.1, 0.15) is 23.0 Å². The fourth-order valence-electron chi connectivity index (χ4n) is 2.07. The molecule has 32 heavy (non-hydrogen) atoms. The fourth-order valence-corrected chi connectivity index (χ4v) is 2.07. The molecular formula is C21H40N4O7. The highest BCUT2D eigenvalue weighted by Gasteiger charge is 2.21. The quantitative estimate of drug-likeness (QED) is 0.155. The van der Waals surface area contributed by atoms with E-state index in [2.05, 4.69) is 20.9 Å². The van der Waals surface area contributed by atoms with Crippen molar-refractivity contribution >= 4 is 24.2 Å². The number of carbonyl (C=O) groups is 3. The predicted octanol–water partition coefficient (Wildman–Crippen LogP) is 3.41. The van der Waals surface area contributed by atoms with Crippen molar-refractivity contribution in [1.29, 1.82) is 0 Å². The molecule has 11 heteroatoms. The Kier molecular flexibility index (Phi) is 11.5. The summed E-state index contributed by atoms with van der Waals surface area (Å²) in [7, 11) is 0. The van der Waals surface area contributed by atoms with Crippen LogP contribution in [0.2, 0.25) is 0 Å². The van der Waals surface area contributed by atoms with Crippen LogP contribution in [0.25, 0.3) is 0 Å². The lowest BCUT2D eigenvalue weighted by Crippen LogP contribution is -2.44. The van der Waals surface area contributed by atoms with E-state index in [-0.39, 0.29) is 5.96 Å². The van der Waals surface area contributed by atoms with Crippen molar-refractivity contribution < 1.29 is 33.7 Å². The summed E-state index contributed by atoms with van der Waals surface area (Å²) < 4.78 is 15.4. The van der Waals surface area contributed by atoms with Gasteiger partial charge in [-0.1, -0.05) is 0 Å². The van der Waals surface area contributed by atoms with Crippen molar-refractivity contribution in [3.05, 3.63) is 0 Å². The summed E-state index contributed by atoms with van der Waals surface area (Å²) >= 11 is 0. The van der Waals surface area contributed by atoms with Crippen LogP contribution < -0.4 is 16.0 Å². The first kappa shape index (κ1) is 29.4. The zero-order valence-corrected chi connectivity index (χ0v) is 20.7. The van der Waals surface area contributed by atoms with Gasteiger partial charge in [-0.3, -0.25) is 10.6 Å². The first-order valence-electron chi connectivity index (χ1n) is 10.6. The second-order valence-corrected chi connectivity index (χ2v) is 10.2. The van der Waals surface area contributed by atoms with E-state index < -0.39 is 41.3 Å². The van der Waals surface area contributed by atoms with Gasteiger partial charge in [0.2, 0.25) is 5.96 Å². The number of hydrogen-bond acceptors (Lipinski definition) is 7. The molecule has 0 heterocycles. The zero-order chi connectivity index (χ0) is 25.2. The van der Waals surface area contributed by atoms with Gasteiger partial charge < -0.3 is 24.6 Å². The van der Waals surface area contributed by atoms with Gasteiger partial charge in [0, 0.05) is 6.54 Å². The van der Waals surface area contributed by atoms with Crippen LogP contribution in [-0.4, -0.2) is 58.9 Å². The maximum atomic E-state index is 12.0. The maximum Gasteiger partial charge on any atom is 0.437 e. The topological polar surface area (TPSA) is 148 Å². The van der Waals surface area contributed by atoms with Crippen LogP contribution in [0.3, 0.4) is 0 Å². The van der Waals surface area contributed by atoms with Gasteiger partial charge in [0.05, 0.1) is 0 Å². The van der Waals surface area contributed by atoms with E-state index in [9.17, 15) is 19.5 Å². The molecule has 0 saturated heterocycles. The van der Waals surface area contributed by atoms with Crippen LogP contribution in [0.1, 0.15) is 81.6 Å². The van der Waals surface area contributed by atoms with E-state index in [1.54, 1.807) is 62.3 Å². The molecule has 11 nitrogen and oxygen atoms in total. The third-order valence-electron chi connectivity index (χ3n) is 3.10. The molecule has 3 amide bonds. The summed E-state index contributed by atoms with van der Waals surface area (Å²) in [6, 6.07) is 0. The molecule has 0 aliphatic rings. The number of nitrogens with zero attached hydrogens (tertiary/aromatic N) is 1. The van der Waals surface area contributed by atoms with Crippen LogP contribution in [0.4, 0.5) is 14.4 Å². The lowest BCUT2D eigenvalue weighted by molar-refractivity contribution is 0.0340. The van der Waals surface area contributed by atoms with Crippen molar-refractivity contribution in [1.82, 2.24) is 16.0 Å². The largest absolute Gasteiger partial charge is 0.444 e. The summed E-state index contributed by atoms with van der Waals surface area (Å²) in [6.45, 7) is 15.7.